The Balaban J connectivity index is 1.16. The second-order valence-corrected chi connectivity index (χ2v) is 15.5. The summed E-state index contributed by atoms with van der Waals surface area (Å²) in [5, 5.41) is 2.36. The van der Waals surface area contributed by atoms with Gasteiger partial charge in [-0.1, -0.05) is 108 Å². The molecule has 0 N–H and O–H groups in total. The molecule has 254 valence electrons. The van der Waals surface area contributed by atoms with E-state index in [0.717, 1.165) is 34.0 Å². The minimum atomic E-state index is -0.0721. The number of hydrogen-bond donors (Lipinski definition) is 0. The Hall–Kier alpha value is -5.81. The molecule has 0 fully saturated rings. The van der Waals surface area contributed by atoms with Crippen LogP contribution in [-0.4, -0.2) is 16.2 Å². The van der Waals surface area contributed by atoms with Crippen LogP contribution in [0.3, 0.4) is 0 Å². The maximum atomic E-state index is 6.78. The molecule has 0 saturated heterocycles. The van der Waals surface area contributed by atoms with Crippen molar-refractivity contribution in [1.82, 2.24) is 9.55 Å². The summed E-state index contributed by atoms with van der Waals surface area (Å²) in [4.78, 5) is 9.46. The molecule has 8 rings (SSSR count). The first kappa shape index (κ1) is 32.4. The summed E-state index contributed by atoms with van der Waals surface area (Å²) >= 11 is 0. The number of rotatable bonds is 6. The van der Waals surface area contributed by atoms with Gasteiger partial charge in [-0.15, -0.1) is 0 Å². The topological polar surface area (TPSA) is 33.5 Å². The van der Waals surface area contributed by atoms with Gasteiger partial charge in [-0.05, 0) is 76.1 Å². The maximum absolute atomic E-state index is 6.78. The number of aromatic nitrogens is 2. The van der Waals surface area contributed by atoms with Crippen LogP contribution in [0.2, 0.25) is 0 Å². The van der Waals surface area contributed by atoms with Crippen molar-refractivity contribution in [3.05, 3.63) is 157 Å². The van der Waals surface area contributed by atoms with Crippen LogP contribution < -0.4 is 14.5 Å². The predicted molar refractivity (Wildman–Crippen MR) is 213 cm³/mol. The van der Waals surface area contributed by atoms with Crippen molar-refractivity contribution in [1.29, 1.82) is 0 Å². The Morgan fingerprint density at radius 2 is 1.27 bits per heavy atom. The van der Waals surface area contributed by atoms with Crippen molar-refractivity contribution in [3.8, 4) is 28.4 Å². The van der Waals surface area contributed by atoms with E-state index >= 15 is 0 Å². The number of pyridine rings is 1. The molecule has 0 saturated carbocycles. The molecule has 1 aliphatic rings. The van der Waals surface area contributed by atoms with Crippen molar-refractivity contribution in [2.24, 2.45) is 0 Å². The molecule has 5 heteroatoms. The number of hydrogen-bond acceptors (Lipinski definition) is 4. The molecule has 5 aromatic carbocycles. The molecule has 0 radical (unpaired) electrons. The van der Waals surface area contributed by atoms with E-state index in [1.807, 2.05) is 6.20 Å². The maximum Gasteiger partial charge on any atom is 0.137 e. The summed E-state index contributed by atoms with van der Waals surface area (Å²) in [6, 6.07) is 45.1. The summed E-state index contributed by atoms with van der Waals surface area (Å²) in [6.07, 6.45) is 6.25. The lowest BCUT2D eigenvalue weighted by Crippen LogP contribution is -2.25. The third-order valence-electron chi connectivity index (χ3n) is 9.84. The Morgan fingerprint density at radius 1 is 0.569 bits per heavy atom. The van der Waals surface area contributed by atoms with Gasteiger partial charge >= 0.3 is 0 Å². The number of fused-ring (bicyclic) bond motifs is 3. The number of nitrogens with zero attached hydrogens (tertiary/aromatic N) is 4. The van der Waals surface area contributed by atoms with E-state index in [9.17, 15) is 0 Å². The van der Waals surface area contributed by atoms with Gasteiger partial charge < -0.3 is 14.5 Å². The van der Waals surface area contributed by atoms with Crippen LogP contribution in [0, 0.1) is 0 Å². The van der Waals surface area contributed by atoms with Crippen LogP contribution in [0.4, 0.5) is 11.4 Å². The van der Waals surface area contributed by atoms with Crippen LogP contribution in [0.15, 0.2) is 146 Å². The molecular weight excluding hydrogens is 625 g/mol. The normalized spacial score (nSPS) is 13.5. The Kier molecular flexibility index (Phi) is 7.94. The van der Waals surface area contributed by atoms with Gasteiger partial charge in [0.1, 0.15) is 17.3 Å². The SMILES string of the molecule is CC(C)(C)c1cc(Oc2ccc3c4ccccc4n(-c4cc(C(C)(C)C)ccn4)c3c2)cc(N2C=CN(c3ccccc3-c3ccccc3)C2)c1. The number of ether oxygens (including phenoxy) is 1. The van der Waals surface area contributed by atoms with E-state index in [1.165, 1.54) is 38.7 Å². The fourth-order valence-electron chi connectivity index (χ4n) is 6.97. The molecule has 7 aromatic rings. The number of benzene rings is 5. The second-order valence-electron chi connectivity index (χ2n) is 15.5. The van der Waals surface area contributed by atoms with Crippen LogP contribution in [0.1, 0.15) is 52.7 Å². The average Bonchev–Trinajstić information content (AvgIpc) is 3.75. The molecular formula is C46H44N4O. The van der Waals surface area contributed by atoms with Gasteiger partial charge in [0.2, 0.25) is 0 Å². The highest BCUT2D eigenvalue weighted by Gasteiger charge is 2.23. The van der Waals surface area contributed by atoms with Crippen LogP contribution in [0.5, 0.6) is 11.5 Å². The second kappa shape index (κ2) is 12.5. The van der Waals surface area contributed by atoms with Gasteiger partial charge in [0.05, 0.1) is 23.4 Å². The van der Waals surface area contributed by atoms with Gasteiger partial charge in [0.15, 0.2) is 0 Å². The van der Waals surface area contributed by atoms with Crippen LogP contribution in [0.25, 0.3) is 38.8 Å². The van der Waals surface area contributed by atoms with E-state index in [4.69, 9.17) is 9.72 Å². The van der Waals surface area contributed by atoms with Gasteiger partial charge in [0, 0.05) is 52.8 Å². The molecule has 0 amide bonds. The quantitative estimate of drug-likeness (QED) is 0.177. The minimum Gasteiger partial charge on any atom is -0.457 e. The van der Waals surface area contributed by atoms with E-state index in [1.54, 1.807) is 0 Å². The average molecular weight is 669 g/mol. The van der Waals surface area contributed by atoms with Gasteiger partial charge in [-0.3, -0.25) is 4.57 Å². The molecule has 0 bridgehead atoms. The zero-order valence-corrected chi connectivity index (χ0v) is 30.3. The molecule has 3 heterocycles. The van der Waals surface area contributed by atoms with Crippen molar-refractivity contribution in [2.45, 2.75) is 52.4 Å². The zero-order chi connectivity index (χ0) is 35.3. The lowest BCUT2D eigenvalue weighted by molar-refractivity contribution is 0.479. The molecule has 2 aromatic heterocycles. The fraction of sp³-hybridized carbons (Fsp3) is 0.196. The highest BCUT2D eigenvalue weighted by Crippen LogP contribution is 2.39. The lowest BCUT2D eigenvalue weighted by atomic mass is 9.86. The standard InChI is InChI=1S/C46H44N4O/c1-45(2,3)33-22-23-47-44(28-33)50-42-19-13-11-17-39(42)40-21-20-36(30-43(40)50)51-37-27-34(46(4,5)6)26-35(29-37)48-24-25-49(31-48)41-18-12-10-16-38(41)32-14-8-7-9-15-32/h7-30H,31H2,1-6H3. The van der Waals surface area contributed by atoms with Crippen LogP contribution >= 0.6 is 0 Å². The first-order valence-corrected chi connectivity index (χ1v) is 17.7. The van der Waals surface area contributed by atoms with Crippen molar-refractivity contribution in [3.63, 3.8) is 0 Å². The molecule has 1 aliphatic heterocycles. The predicted octanol–water partition coefficient (Wildman–Crippen LogP) is 12.0. The molecule has 0 atom stereocenters. The van der Waals surface area contributed by atoms with Gasteiger partial charge in [-0.2, -0.15) is 0 Å². The number of para-hydroxylation sites is 2. The third-order valence-corrected chi connectivity index (χ3v) is 9.84. The minimum absolute atomic E-state index is 0.00728. The molecule has 0 aliphatic carbocycles. The zero-order valence-electron chi connectivity index (χ0n) is 30.3. The highest BCUT2D eigenvalue weighted by molar-refractivity contribution is 6.09. The largest absolute Gasteiger partial charge is 0.457 e. The third kappa shape index (κ3) is 6.25. The first-order chi connectivity index (χ1) is 24.5. The Bertz CT molecular complexity index is 2410. The summed E-state index contributed by atoms with van der Waals surface area (Å²) in [7, 11) is 0. The van der Waals surface area contributed by atoms with E-state index in [-0.39, 0.29) is 10.8 Å². The fourth-order valence-corrected chi connectivity index (χ4v) is 6.97. The van der Waals surface area contributed by atoms with E-state index < -0.39 is 0 Å². The molecule has 0 spiro atoms. The molecule has 0 unspecified atom stereocenters. The van der Waals surface area contributed by atoms with Gasteiger partial charge in [0.25, 0.3) is 0 Å². The Morgan fingerprint density at radius 3 is 2.08 bits per heavy atom. The highest BCUT2D eigenvalue weighted by atomic mass is 16.5. The van der Waals surface area contributed by atoms with E-state index in [2.05, 4.69) is 196 Å². The monoisotopic (exact) mass is 668 g/mol. The van der Waals surface area contributed by atoms with Crippen molar-refractivity contribution >= 4 is 33.2 Å². The summed E-state index contributed by atoms with van der Waals surface area (Å²) in [5.41, 5.74) is 9.27. The summed E-state index contributed by atoms with van der Waals surface area (Å²) in [6.45, 7) is 14.2. The Labute approximate surface area is 301 Å². The van der Waals surface area contributed by atoms with Crippen LogP contribution in [-0.2, 0) is 10.8 Å². The molecule has 5 nitrogen and oxygen atoms in total. The van der Waals surface area contributed by atoms with Crippen molar-refractivity contribution < 1.29 is 4.74 Å². The van der Waals surface area contributed by atoms with Crippen molar-refractivity contribution in [2.75, 3.05) is 16.5 Å². The summed E-state index contributed by atoms with van der Waals surface area (Å²) < 4.78 is 9.04. The molecule has 51 heavy (non-hydrogen) atoms. The summed E-state index contributed by atoms with van der Waals surface area (Å²) in [5.74, 6) is 2.50. The van der Waals surface area contributed by atoms with E-state index in [0.29, 0.717) is 6.67 Å². The lowest BCUT2D eigenvalue weighted by Gasteiger charge is -2.26. The number of anilines is 2. The smallest absolute Gasteiger partial charge is 0.137 e. The van der Waals surface area contributed by atoms with Gasteiger partial charge in [-0.25, -0.2) is 4.98 Å². The first-order valence-electron chi connectivity index (χ1n) is 17.7.